The molecule has 33 heavy (non-hydrogen) atoms. The summed E-state index contributed by atoms with van der Waals surface area (Å²) in [6, 6.07) is 23.1. The van der Waals surface area contributed by atoms with Crippen molar-refractivity contribution in [1.82, 2.24) is 9.55 Å². The number of hydrogen-bond acceptors (Lipinski definition) is 4. The van der Waals surface area contributed by atoms with Crippen molar-refractivity contribution in [1.29, 1.82) is 0 Å². The van der Waals surface area contributed by atoms with Gasteiger partial charge in [-0.25, -0.2) is 4.98 Å². The molecule has 0 atom stereocenters. The fraction of sp³-hybridized carbons (Fsp3) is 0.120. The highest BCUT2D eigenvalue weighted by atomic mass is 35.5. The van der Waals surface area contributed by atoms with E-state index in [-0.39, 0.29) is 24.8 Å². The van der Waals surface area contributed by atoms with Crippen LogP contribution < -0.4 is 15.8 Å². The number of carbonyl (C=O) groups is 2. The van der Waals surface area contributed by atoms with Crippen molar-refractivity contribution >= 4 is 46.0 Å². The number of nitrogens with zero attached hydrogens (tertiary/aromatic N) is 3. The number of rotatable bonds is 6. The van der Waals surface area contributed by atoms with Gasteiger partial charge < -0.3 is 5.32 Å². The summed E-state index contributed by atoms with van der Waals surface area (Å²) in [5, 5.41) is 3.24. The molecule has 1 heterocycles. The quantitative estimate of drug-likeness (QED) is 0.466. The zero-order valence-corrected chi connectivity index (χ0v) is 18.6. The molecule has 4 aromatic rings. The zero-order chi connectivity index (χ0) is 23.4. The predicted octanol–water partition coefficient (Wildman–Crippen LogP) is 4.24. The van der Waals surface area contributed by atoms with Crippen molar-refractivity contribution in [3.63, 3.8) is 0 Å². The van der Waals surface area contributed by atoms with Crippen LogP contribution in [0.1, 0.15) is 12.5 Å². The highest BCUT2D eigenvalue weighted by Gasteiger charge is 2.21. The van der Waals surface area contributed by atoms with Gasteiger partial charge in [-0.3, -0.25) is 23.9 Å². The highest BCUT2D eigenvalue weighted by Crippen LogP contribution is 2.18. The van der Waals surface area contributed by atoms with Crippen LogP contribution in [-0.4, -0.2) is 21.4 Å². The van der Waals surface area contributed by atoms with Gasteiger partial charge in [-0.05, 0) is 35.9 Å². The molecule has 166 valence electrons. The number of hydrogen-bond donors (Lipinski definition) is 1. The summed E-state index contributed by atoms with van der Waals surface area (Å²) >= 11 is 5.99. The second-order valence-electron chi connectivity index (χ2n) is 7.46. The number of halogens is 1. The van der Waals surface area contributed by atoms with E-state index in [1.165, 1.54) is 16.4 Å². The van der Waals surface area contributed by atoms with E-state index in [0.717, 1.165) is 5.56 Å². The Labute approximate surface area is 195 Å². The Morgan fingerprint density at radius 1 is 1.00 bits per heavy atom. The molecule has 0 saturated carbocycles. The third-order valence-electron chi connectivity index (χ3n) is 5.06. The minimum atomic E-state index is -0.527. The minimum Gasteiger partial charge on any atom is -0.324 e. The largest absolute Gasteiger partial charge is 0.324 e. The number of para-hydroxylation sites is 2. The first kappa shape index (κ1) is 22.2. The summed E-state index contributed by atoms with van der Waals surface area (Å²) in [5.74, 6) is -0.756. The molecule has 0 spiro atoms. The molecule has 8 heteroatoms. The maximum absolute atomic E-state index is 13.5. The molecule has 0 saturated heterocycles. The van der Waals surface area contributed by atoms with Gasteiger partial charge in [-0.2, -0.15) is 0 Å². The fourth-order valence-electron chi connectivity index (χ4n) is 3.52. The molecule has 0 aliphatic carbocycles. The van der Waals surface area contributed by atoms with Crippen molar-refractivity contribution in [2.75, 3.05) is 10.2 Å². The predicted molar refractivity (Wildman–Crippen MR) is 129 cm³/mol. The van der Waals surface area contributed by atoms with Crippen LogP contribution in [-0.2, 0) is 22.7 Å². The van der Waals surface area contributed by atoms with Crippen molar-refractivity contribution in [2.45, 2.75) is 20.0 Å². The van der Waals surface area contributed by atoms with Crippen LogP contribution in [0.15, 0.2) is 83.7 Å². The lowest BCUT2D eigenvalue weighted by Gasteiger charge is -2.21. The van der Waals surface area contributed by atoms with Gasteiger partial charge in [0.05, 0.1) is 17.6 Å². The van der Waals surface area contributed by atoms with E-state index in [1.807, 2.05) is 30.3 Å². The molecule has 0 unspecified atom stereocenters. The van der Waals surface area contributed by atoms with Crippen LogP contribution in [0.2, 0.25) is 5.02 Å². The van der Waals surface area contributed by atoms with Crippen molar-refractivity contribution in [3.05, 3.63) is 99.8 Å². The van der Waals surface area contributed by atoms with E-state index >= 15 is 0 Å². The molecule has 0 bridgehead atoms. The normalized spacial score (nSPS) is 10.7. The summed E-state index contributed by atoms with van der Waals surface area (Å²) in [5.41, 5.74) is 1.85. The number of benzene rings is 3. The average Bonchev–Trinajstić information content (AvgIpc) is 2.80. The van der Waals surface area contributed by atoms with Crippen molar-refractivity contribution in [2.24, 2.45) is 0 Å². The monoisotopic (exact) mass is 460 g/mol. The molecule has 2 amide bonds. The Morgan fingerprint density at radius 2 is 1.73 bits per heavy atom. The van der Waals surface area contributed by atoms with E-state index in [1.54, 1.807) is 48.5 Å². The van der Waals surface area contributed by atoms with Crippen LogP contribution in [0.5, 0.6) is 0 Å². The molecule has 0 aliphatic heterocycles. The lowest BCUT2D eigenvalue weighted by molar-refractivity contribution is -0.117. The van der Waals surface area contributed by atoms with Crippen molar-refractivity contribution < 1.29 is 9.59 Å². The summed E-state index contributed by atoms with van der Waals surface area (Å²) in [6.45, 7) is 1.32. The van der Waals surface area contributed by atoms with Gasteiger partial charge in [-0.15, -0.1) is 0 Å². The summed E-state index contributed by atoms with van der Waals surface area (Å²) < 4.78 is 1.33. The maximum atomic E-state index is 13.5. The molecular formula is C25H21ClN4O3. The lowest BCUT2D eigenvalue weighted by Crippen LogP contribution is -2.37. The van der Waals surface area contributed by atoms with Gasteiger partial charge >= 0.3 is 0 Å². The zero-order valence-electron chi connectivity index (χ0n) is 17.9. The van der Waals surface area contributed by atoms with Gasteiger partial charge in [-0.1, -0.05) is 60.1 Å². The lowest BCUT2D eigenvalue weighted by atomic mass is 10.2. The van der Waals surface area contributed by atoms with E-state index in [2.05, 4.69) is 10.3 Å². The minimum absolute atomic E-state index is 0.0272. The molecule has 0 radical (unpaired) electrons. The van der Waals surface area contributed by atoms with E-state index in [0.29, 0.717) is 21.7 Å². The van der Waals surface area contributed by atoms with Gasteiger partial charge in [0.25, 0.3) is 5.56 Å². The fourth-order valence-corrected chi connectivity index (χ4v) is 3.71. The molecule has 0 aliphatic rings. The molecular weight excluding hydrogens is 440 g/mol. The molecule has 7 nitrogen and oxygen atoms in total. The Balaban J connectivity index is 1.74. The summed E-state index contributed by atoms with van der Waals surface area (Å²) in [7, 11) is 0. The standard InChI is InChI=1S/C25H21ClN4O3/c1-17(31)29(15-18-8-3-2-4-9-18)24-25(33)30(22-13-6-5-12-21(22)28-24)16-23(32)27-20-11-7-10-19(26)14-20/h2-14H,15-16H2,1H3,(H,27,32). The van der Waals surface area contributed by atoms with Crippen LogP contribution in [0.25, 0.3) is 11.0 Å². The highest BCUT2D eigenvalue weighted by molar-refractivity contribution is 6.30. The molecule has 4 rings (SSSR count). The topological polar surface area (TPSA) is 84.3 Å². The number of carbonyl (C=O) groups excluding carboxylic acids is 2. The molecule has 0 fully saturated rings. The number of nitrogens with one attached hydrogen (secondary N) is 1. The molecule has 3 aromatic carbocycles. The number of anilines is 2. The Morgan fingerprint density at radius 3 is 2.45 bits per heavy atom. The number of amides is 2. The first-order chi connectivity index (χ1) is 15.9. The first-order valence-electron chi connectivity index (χ1n) is 10.3. The van der Waals surface area contributed by atoms with Crippen LogP contribution in [0.4, 0.5) is 11.5 Å². The second kappa shape index (κ2) is 9.67. The van der Waals surface area contributed by atoms with Gasteiger partial charge in [0.2, 0.25) is 17.6 Å². The van der Waals surface area contributed by atoms with E-state index in [4.69, 9.17) is 11.6 Å². The SMILES string of the molecule is CC(=O)N(Cc1ccccc1)c1nc2ccccc2n(CC(=O)Nc2cccc(Cl)c2)c1=O. The Kier molecular flexibility index (Phi) is 6.51. The number of fused-ring (bicyclic) bond motifs is 1. The van der Waals surface area contributed by atoms with Crippen LogP contribution in [0, 0.1) is 0 Å². The van der Waals surface area contributed by atoms with Crippen LogP contribution in [0.3, 0.4) is 0 Å². The van der Waals surface area contributed by atoms with Crippen molar-refractivity contribution in [3.8, 4) is 0 Å². The maximum Gasteiger partial charge on any atom is 0.294 e. The third-order valence-corrected chi connectivity index (χ3v) is 5.30. The summed E-state index contributed by atoms with van der Waals surface area (Å²) in [6.07, 6.45) is 0. The Hall–Kier alpha value is -3.97. The first-order valence-corrected chi connectivity index (χ1v) is 10.7. The van der Waals surface area contributed by atoms with E-state index < -0.39 is 11.5 Å². The Bertz CT molecular complexity index is 1390. The van der Waals surface area contributed by atoms with Gasteiger partial charge in [0, 0.05) is 17.6 Å². The smallest absolute Gasteiger partial charge is 0.294 e. The van der Waals surface area contributed by atoms with Crippen LogP contribution >= 0.6 is 11.6 Å². The number of aromatic nitrogens is 2. The third kappa shape index (κ3) is 5.10. The van der Waals surface area contributed by atoms with Gasteiger partial charge in [0.15, 0.2) is 0 Å². The molecule has 1 aromatic heterocycles. The van der Waals surface area contributed by atoms with Gasteiger partial charge in [0.1, 0.15) is 6.54 Å². The van der Waals surface area contributed by atoms with E-state index in [9.17, 15) is 14.4 Å². The average molecular weight is 461 g/mol. The second-order valence-corrected chi connectivity index (χ2v) is 7.90. The summed E-state index contributed by atoms with van der Waals surface area (Å²) in [4.78, 5) is 44.5. The molecule has 1 N–H and O–H groups in total.